The van der Waals surface area contributed by atoms with Crippen LogP contribution in [0.4, 0.5) is 0 Å². The highest BCUT2D eigenvalue weighted by Crippen LogP contribution is 2.50. The number of hydrogen-bond acceptors (Lipinski definition) is 4. The first-order valence-corrected chi connectivity index (χ1v) is 8.05. The maximum atomic E-state index is 8.88. The van der Waals surface area contributed by atoms with Crippen LogP contribution in [-0.2, 0) is 9.05 Å². The Labute approximate surface area is 120 Å². The summed E-state index contributed by atoms with van der Waals surface area (Å²) in [6, 6.07) is 2.85. The standard InChI is InChI=1S/C14H29N2O2P/c1-11(2)16(12(3)4)19(17-13(5)6)18-14(7,8)9-10-15/h11-13H,9H2,1-8H3. The van der Waals surface area contributed by atoms with Crippen molar-refractivity contribution < 1.29 is 9.05 Å². The zero-order valence-electron chi connectivity index (χ0n) is 13.6. The second-order valence-electron chi connectivity index (χ2n) is 6.15. The lowest BCUT2D eigenvalue weighted by Gasteiger charge is -2.39. The maximum Gasteiger partial charge on any atom is 0.260 e. The van der Waals surface area contributed by atoms with Crippen molar-refractivity contribution in [3.63, 3.8) is 0 Å². The Hall–Kier alpha value is -0.200. The monoisotopic (exact) mass is 288 g/mol. The van der Waals surface area contributed by atoms with Crippen LogP contribution in [0.15, 0.2) is 0 Å². The molecule has 19 heavy (non-hydrogen) atoms. The van der Waals surface area contributed by atoms with Crippen LogP contribution in [0.25, 0.3) is 0 Å². The van der Waals surface area contributed by atoms with Gasteiger partial charge in [0.25, 0.3) is 8.53 Å². The lowest BCUT2D eigenvalue weighted by molar-refractivity contribution is 0.0653. The molecule has 0 bridgehead atoms. The fourth-order valence-corrected chi connectivity index (χ4v) is 3.56. The molecule has 0 spiro atoms. The highest BCUT2D eigenvalue weighted by Gasteiger charge is 2.33. The quantitative estimate of drug-likeness (QED) is 0.618. The van der Waals surface area contributed by atoms with E-state index in [1.165, 1.54) is 0 Å². The van der Waals surface area contributed by atoms with Crippen LogP contribution in [0, 0.1) is 11.3 Å². The first-order valence-electron chi connectivity index (χ1n) is 6.92. The van der Waals surface area contributed by atoms with Gasteiger partial charge in [-0.25, -0.2) is 4.67 Å². The fraction of sp³-hybridized carbons (Fsp3) is 0.929. The Morgan fingerprint density at radius 2 is 1.58 bits per heavy atom. The molecule has 0 aliphatic rings. The van der Waals surface area contributed by atoms with E-state index in [0.717, 1.165) is 0 Å². The molecule has 1 unspecified atom stereocenters. The summed E-state index contributed by atoms with van der Waals surface area (Å²) < 4.78 is 14.3. The van der Waals surface area contributed by atoms with E-state index in [2.05, 4.69) is 38.4 Å². The Kier molecular flexibility index (Phi) is 8.08. The summed E-state index contributed by atoms with van der Waals surface area (Å²) in [5, 5.41) is 8.88. The van der Waals surface area contributed by atoms with Crippen LogP contribution in [0.2, 0.25) is 0 Å². The number of hydrogen-bond donors (Lipinski definition) is 0. The molecule has 4 nitrogen and oxygen atoms in total. The molecule has 0 rings (SSSR count). The van der Waals surface area contributed by atoms with E-state index in [9.17, 15) is 0 Å². The van der Waals surface area contributed by atoms with Gasteiger partial charge in [-0.05, 0) is 55.4 Å². The zero-order valence-corrected chi connectivity index (χ0v) is 14.5. The Bertz CT molecular complexity index is 290. The van der Waals surface area contributed by atoms with Crippen LogP contribution in [-0.4, -0.2) is 28.5 Å². The lowest BCUT2D eigenvalue weighted by atomic mass is 10.1. The molecule has 0 aromatic rings. The number of nitrogens with zero attached hydrogens (tertiary/aromatic N) is 2. The minimum absolute atomic E-state index is 0.101. The molecule has 0 fully saturated rings. The first kappa shape index (κ1) is 18.8. The average Bonchev–Trinajstić information content (AvgIpc) is 2.13. The summed E-state index contributed by atoms with van der Waals surface area (Å²) in [4.78, 5) is 0. The molecule has 0 heterocycles. The molecule has 112 valence electrons. The van der Waals surface area contributed by atoms with E-state index >= 15 is 0 Å². The van der Waals surface area contributed by atoms with Gasteiger partial charge >= 0.3 is 0 Å². The predicted molar refractivity (Wildman–Crippen MR) is 80.6 cm³/mol. The van der Waals surface area contributed by atoms with Crippen LogP contribution < -0.4 is 0 Å². The Balaban J connectivity index is 5.03. The van der Waals surface area contributed by atoms with E-state index in [1.54, 1.807) is 0 Å². The zero-order chi connectivity index (χ0) is 15.2. The molecule has 0 aliphatic heterocycles. The van der Waals surface area contributed by atoms with Crippen molar-refractivity contribution in [2.45, 2.75) is 85.6 Å². The average molecular weight is 288 g/mol. The van der Waals surface area contributed by atoms with Gasteiger partial charge in [0.1, 0.15) is 0 Å². The highest BCUT2D eigenvalue weighted by atomic mass is 31.2. The van der Waals surface area contributed by atoms with Crippen molar-refractivity contribution in [3.05, 3.63) is 0 Å². The molecule has 1 atom stereocenters. The molecule has 0 aliphatic carbocycles. The minimum Gasteiger partial charge on any atom is -0.319 e. The van der Waals surface area contributed by atoms with Crippen molar-refractivity contribution in [2.24, 2.45) is 0 Å². The van der Waals surface area contributed by atoms with Gasteiger partial charge in [0.05, 0.1) is 24.2 Å². The van der Waals surface area contributed by atoms with Gasteiger partial charge in [-0.3, -0.25) is 0 Å². The molecule has 5 heteroatoms. The lowest BCUT2D eigenvalue weighted by Crippen LogP contribution is -2.36. The third-order valence-corrected chi connectivity index (χ3v) is 4.93. The largest absolute Gasteiger partial charge is 0.319 e. The van der Waals surface area contributed by atoms with Gasteiger partial charge in [0.2, 0.25) is 0 Å². The molecular formula is C14H29N2O2P. The van der Waals surface area contributed by atoms with E-state index in [0.29, 0.717) is 18.5 Å². The highest BCUT2D eigenvalue weighted by molar-refractivity contribution is 7.44. The van der Waals surface area contributed by atoms with E-state index in [1.807, 2.05) is 27.7 Å². The van der Waals surface area contributed by atoms with Crippen LogP contribution in [0.1, 0.15) is 61.8 Å². The van der Waals surface area contributed by atoms with E-state index in [-0.39, 0.29) is 6.10 Å². The predicted octanol–water partition coefficient (Wildman–Crippen LogP) is 4.47. The maximum absolute atomic E-state index is 8.88. The van der Waals surface area contributed by atoms with Gasteiger partial charge in [0.15, 0.2) is 0 Å². The number of rotatable bonds is 8. The van der Waals surface area contributed by atoms with Crippen LogP contribution >= 0.6 is 8.53 Å². The Morgan fingerprint density at radius 3 is 1.89 bits per heavy atom. The summed E-state index contributed by atoms with van der Waals surface area (Å²) in [5.41, 5.74) is -0.489. The summed E-state index contributed by atoms with van der Waals surface area (Å²) in [6.45, 7) is 16.4. The van der Waals surface area contributed by atoms with Crippen molar-refractivity contribution in [1.29, 1.82) is 5.26 Å². The molecule has 0 N–H and O–H groups in total. The molecule has 0 amide bonds. The van der Waals surface area contributed by atoms with Gasteiger partial charge < -0.3 is 9.05 Å². The normalized spacial score (nSPS) is 14.5. The van der Waals surface area contributed by atoms with Gasteiger partial charge in [-0.1, -0.05) is 0 Å². The third kappa shape index (κ3) is 7.22. The smallest absolute Gasteiger partial charge is 0.260 e. The molecule has 0 aromatic carbocycles. The van der Waals surface area contributed by atoms with Crippen molar-refractivity contribution >= 4 is 8.53 Å². The van der Waals surface area contributed by atoms with Crippen LogP contribution in [0.5, 0.6) is 0 Å². The molecule has 0 saturated carbocycles. The van der Waals surface area contributed by atoms with E-state index < -0.39 is 14.1 Å². The summed E-state index contributed by atoms with van der Waals surface area (Å²) >= 11 is 0. The Morgan fingerprint density at radius 1 is 1.11 bits per heavy atom. The van der Waals surface area contributed by atoms with Crippen molar-refractivity contribution in [2.75, 3.05) is 0 Å². The molecule has 0 saturated heterocycles. The SMILES string of the molecule is CC(C)OP(OC(C)(C)CC#N)N(C(C)C)C(C)C. The van der Waals surface area contributed by atoms with Gasteiger partial charge in [0, 0.05) is 12.1 Å². The fourth-order valence-electron chi connectivity index (χ4n) is 1.71. The van der Waals surface area contributed by atoms with Gasteiger partial charge in [-0.15, -0.1) is 0 Å². The third-order valence-electron chi connectivity index (χ3n) is 2.38. The van der Waals surface area contributed by atoms with Crippen molar-refractivity contribution in [3.8, 4) is 6.07 Å². The van der Waals surface area contributed by atoms with Crippen LogP contribution in [0.3, 0.4) is 0 Å². The summed E-state index contributed by atoms with van der Waals surface area (Å²) in [7, 11) is -1.16. The number of nitriles is 1. The second kappa shape index (κ2) is 8.17. The second-order valence-corrected chi connectivity index (χ2v) is 7.48. The first-order chi connectivity index (χ1) is 8.60. The minimum atomic E-state index is -1.16. The van der Waals surface area contributed by atoms with E-state index in [4.69, 9.17) is 14.3 Å². The topological polar surface area (TPSA) is 45.5 Å². The molecular weight excluding hydrogens is 259 g/mol. The van der Waals surface area contributed by atoms with Crippen molar-refractivity contribution in [1.82, 2.24) is 4.67 Å². The molecule has 0 radical (unpaired) electrons. The summed E-state index contributed by atoms with van der Waals surface area (Å²) in [6.07, 6.45) is 0.459. The van der Waals surface area contributed by atoms with Gasteiger partial charge in [-0.2, -0.15) is 5.26 Å². The summed E-state index contributed by atoms with van der Waals surface area (Å²) in [5.74, 6) is 0. The molecule has 0 aromatic heterocycles.